The Balaban J connectivity index is 1.88. The lowest BCUT2D eigenvalue weighted by atomic mass is 10.3. The summed E-state index contributed by atoms with van der Waals surface area (Å²) in [6.07, 6.45) is 0. The maximum Gasteiger partial charge on any atom is 0.0389 e. The summed E-state index contributed by atoms with van der Waals surface area (Å²) in [5.74, 6) is 0. The molecule has 0 aliphatic rings. The van der Waals surface area contributed by atoms with Crippen LogP contribution in [0, 0.1) is 6.92 Å². The quantitative estimate of drug-likeness (QED) is 0.848. The molecule has 1 nitrogen and oxygen atoms in total. The highest BCUT2D eigenvalue weighted by Crippen LogP contribution is 2.20. The first-order valence-electron chi connectivity index (χ1n) is 5.08. The summed E-state index contributed by atoms with van der Waals surface area (Å²) < 4.78 is 0. The number of hydrogen-bond acceptors (Lipinski definition) is 3. The van der Waals surface area contributed by atoms with Crippen LogP contribution in [0.3, 0.4) is 0 Å². The molecule has 15 heavy (non-hydrogen) atoms. The van der Waals surface area contributed by atoms with Crippen LogP contribution in [0.25, 0.3) is 0 Å². The van der Waals surface area contributed by atoms with Crippen LogP contribution in [0.15, 0.2) is 29.6 Å². The smallest absolute Gasteiger partial charge is 0.0389 e. The van der Waals surface area contributed by atoms with Gasteiger partial charge in [-0.15, -0.1) is 22.7 Å². The van der Waals surface area contributed by atoms with Crippen molar-refractivity contribution in [2.45, 2.75) is 26.4 Å². The van der Waals surface area contributed by atoms with Crippen LogP contribution in [-0.2, 0) is 6.54 Å². The molecule has 2 aromatic rings. The lowest BCUT2D eigenvalue weighted by Gasteiger charge is -2.10. The van der Waals surface area contributed by atoms with Gasteiger partial charge in [0, 0.05) is 27.2 Å². The van der Waals surface area contributed by atoms with E-state index in [-0.39, 0.29) is 0 Å². The number of rotatable bonds is 4. The fourth-order valence-corrected chi connectivity index (χ4v) is 3.07. The summed E-state index contributed by atoms with van der Waals surface area (Å²) in [5.41, 5.74) is 0. The molecule has 1 N–H and O–H groups in total. The van der Waals surface area contributed by atoms with Crippen LogP contribution >= 0.6 is 22.7 Å². The van der Waals surface area contributed by atoms with Gasteiger partial charge in [-0.2, -0.15) is 0 Å². The van der Waals surface area contributed by atoms with E-state index in [1.807, 2.05) is 22.7 Å². The Hall–Kier alpha value is -0.640. The molecule has 0 aliphatic carbocycles. The Bertz CT molecular complexity index is 403. The van der Waals surface area contributed by atoms with Crippen molar-refractivity contribution in [3.63, 3.8) is 0 Å². The predicted octanol–water partition coefficient (Wildman–Crippen LogP) is 3.97. The molecule has 0 aliphatic heterocycles. The van der Waals surface area contributed by atoms with Crippen LogP contribution in [0.4, 0.5) is 0 Å². The van der Waals surface area contributed by atoms with Gasteiger partial charge in [0.25, 0.3) is 0 Å². The maximum atomic E-state index is 3.54. The summed E-state index contributed by atoms with van der Waals surface area (Å²) in [7, 11) is 0. The highest BCUT2D eigenvalue weighted by Gasteiger charge is 2.05. The van der Waals surface area contributed by atoms with Crippen molar-refractivity contribution in [2.75, 3.05) is 0 Å². The largest absolute Gasteiger partial charge is 0.305 e. The Morgan fingerprint density at radius 1 is 1.33 bits per heavy atom. The van der Waals surface area contributed by atoms with E-state index >= 15 is 0 Å². The van der Waals surface area contributed by atoms with Gasteiger partial charge < -0.3 is 5.32 Å². The molecule has 3 heteroatoms. The molecule has 80 valence electrons. The molecule has 0 unspecified atom stereocenters. The van der Waals surface area contributed by atoms with E-state index in [4.69, 9.17) is 0 Å². The fourth-order valence-electron chi connectivity index (χ4n) is 1.47. The summed E-state index contributed by atoms with van der Waals surface area (Å²) in [4.78, 5) is 4.20. The van der Waals surface area contributed by atoms with Crippen LogP contribution < -0.4 is 5.32 Å². The summed E-state index contributed by atoms with van der Waals surface area (Å²) in [6, 6.07) is 9.12. The average molecular weight is 237 g/mol. The molecular formula is C12H15NS2. The Kier molecular flexibility index (Phi) is 3.57. The lowest BCUT2D eigenvalue weighted by Crippen LogP contribution is -2.16. The predicted molar refractivity (Wildman–Crippen MR) is 68.6 cm³/mol. The third-order valence-electron chi connectivity index (χ3n) is 2.35. The van der Waals surface area contributed by atoms with E-state index in [0.29, 0.717) is 6.04 Å². The summed E-state index contributed by atoms with van der Waals surface area (Å²) in [6.45, 7) is 5.33. The molecule has 0 saturated heterocycles. The van der Waals surface area contributed by atoms with Gasteiger partial charge in [-0.25, -0.2) is 0 Å². The van der Waals surface area contributed by atoms with Crippen molar-refractivity contribution in [1.82, 2.24) is 5.32 Å². The maximum absolute atomic E-state index is 3.54. The van der Waals surface area contributed by atoms with Crippen LogP contribution in [0.2, 0.25) is 0 Å². The molecule has 0 amide bonds. The Morgan fingerprint density at radius 3 is 2.80 bits per heavy atom. The normalized spacial score (nSPS) is 12.9. The van der Waals surface area contributed by atoms with Crippen molar-refractivity contribution in [2.24, 2.45) is 0 Å². The second-order valence-corrected chi connectivity index (χ2v) is 5.98. The monoisotopic (exact) mass is 237 g/mol. The standard InChI is InChI=1S/C12H15NS2/c1-9-5-6-11(15-9)8-13-10(2)12-4-3-7-14-12/h3-7,10,13H,8H2,1-2H3/t10-/m1/s1. The van der Waals surface area contributed by atoms with Gasteiger partial charge >= 0.3 is 0 Å². The van der Waals surface area contributed by atoms with Gasteiger partial charge in [0.2, 0.25) is 0 Å². The molecule has 2 aromatic heterocycles. The third kappa shape index (κ3) is 2.91. The first-order valence-corrected chi connectivity index (χ1v) is 6.77. The van der Waals surface area contributed by atoms with Gasteiger partial charge in [-0.1, -0.05) is 6.07 Å². The molecule has 2 heterocycles. The summed E-state index contributed by atoms with van der Waals surface area (Å²) in [5, 5.41) is 5.66. The zero-order valence-electron chi connectivity index (χ0n) is 8.99. The second-order valence-electron chi connectivity index (χ2n) is 3.63. The number of nitrogens with one attached hydrogen (secondary N) is 1. The van der Waals surface area contributed by atoms with Gasteiger partial charge in [0.1, 0.15) is 0 Å². The fraction of sp³-hybridized carbons (Fsp3) is 0.333. The van der Waals surface area contributed by atoms with Crippen LogP contribution in [0.5, 0.6) is 0 Å². The van der Waals surface area contributed by atoms with Crippen molar-refractivity contribution in [1.29, 1.82) is 0 Å². The minimum atomic E-state index is 0.451. The van der Waals surface area contributed by atoms with E-state index in [1.54, 1.807) is 0 Å². The Morgan fingerprint density at radius 2 is 2.20 bits per heavy atom. The molecule has 0 bridgehead atoms. The van der Waals surface area contributed by atoms with E-state index in [1.165, 1.54) is 14.6 Å². The van der Waals surface area contributed by atoms with E-state index in [2.05, 4.69) is 48.8 Å². The van der Waals surface area contributed by atoms with Gasteiger partial charge in [0.05, 0.1) is 0 Å². The van der Waals surface area contributed by atoms with Crippen LogP contribution in [0.1, 0.15) is 27.6 Å². The minimum Gasteiger partial charge on any atom is -0.305 e. The summed E-state index contributed by atoms with van der Waals surface area (Å²) >= 11 is 3.68. The van der Waals surface area contributed by atoms with Crippen molar-refractivity contribution >= 4 is 22.7 Å². The molecule has 0 aromatic carbocycles. The first kappa shape index (κ1) is 10.9. The zero-order chi connectivity index (χ0) is 10.7. The number of hydrogen-bond donors (Lipinski definition) is 1. The number of aryl methyl sites for hydroxylation is 1. The molecular weight excluding hydrogens is 222 g/mol. The average Bonchev–Trinajstić information content (AvgIpc) is 2.84. The minimum absolute atomic E-state index is 0.451. The van der Waals surface area contributed by atoms with E-state index < -0.39 is 0 Å². The molecule has 2 rings (SSSR count). The molecule has 0 radical (unpaired) electrons. The highest BCUT2D eigenvalue weighted by atomic mass is 32.1. The second kappa shape index (κ2) is 4.92. The number of thiophene rings is 2. The van der Waals surface area contributed by atoms with Crippen molar-refractivity contribution < 1.29 is 0 Å². The molecule has 0 fully saturated rings. The Labute approximate surface area is 98.8 Å². The zero-order valence-corrected chi connectivity index (χ0v) is 10.6. The van der Waals surface area contributed by atoms with Crippen molar-refractivity contribution in [3.8, 4) is 0 Å². The first-order chi connectivity index (χ1) is 7.25. The van der Waals surface area contributed by atoms with Gasteiger partial charge in [0.15, 0.2) is 0 Å². The van der Waals surface area contributed by atoms with E-state index in [0.717, 1.165) is 6.54 Å². The van der Waals surface area contributed by atoms with Crippen LogP contribution in [-0.4, -0.2) is 0 Å². The molecule has 0 saturated carbocycles. The lowest BCUT2D eigenvalue weighted by molar-refractivity contribution is 0.587. The third-order valence-corrected chi connectivity index (χ3v) is 4.40. The van der Waals surface area contributed by atoms with E-state index in [9.17, 15) is 0 Å². The van der Waals surface area contributed by atoms with Gasteiger partial charge in [-0.3, -0.25) is 0 Å². The SMILES string of the molecule is Cc1ccc(CN[C@H](C)c2cccs2)s1. The van der Waals surface area contributed by atoms with Crippen molar-refractivity contribution in [3.05, 3.63) is 44.3 Å². The highest BCUT2D eigenvalue weighted by molar-refractivity contribution is 7.11. The van der Waals surface area contributed by atoms with Gasteiger partial charge in [-0.05, 0) is 37.4 Å². The topological polar surface area (TPSA) is 12.0 Å². The molecule has 0 spiro atoms. The molecule has 1 atom stereocenters.